The van der Waals surface area contributed by atoms with E-state index in [-0.39, 0.29) is 11.8 Å². The topological polar surface area (TPSA) is 68.8 Å². The van der Waals surface area contributed by atoms with Gasteiger partial charge in [0.2, 0.25) is 0 Å². The van der Waals surface area contributed by atoms with Gasteiger partial charge in [-0.3, -0.25) is 4.79 Å². The minimum atomic E-state index is -4.49. The highest BCUT2D eigenvalue weighted by molar-refractivity contribution is 5.94. The van der Waals surface area contributed by atoms with Crippen molar-refractivity contribution in [2.24, 2.45) is 0 Å². The fraction of sp³-hybridized carbons (Fsp3) is 0.400. The second kappa shape index (κ2) is 7.92. The average Bonchev–Trinajstić information content (AvgIpc) is 3.43. The van der Waals surface area contributed by atoms with E-state index in [1.807, 2.05) is 11.5 Å². The van der Waals surface area contributed by atoms with Crippen LogP contribution in [0.5, 0.6) is 0 Å². The maximum Gasteiger partial charge on any atom is 0.435 e. The Balaban J connectivity index is 1.47. The van der Waals surface area contributed by atoms with E-state index in [1.54, 1.807) is 35.5 Å². The zero-order chi connectivity index (χ0) is 21.3. The van der Waals surface area contributed by atoms with Gasteiger partial charge in [0.15, 0.2) is 5.69 Å². The number of amides is 1. The third-order valence-electron chi connectivity index (χ3n) is 5.32. The van der Waals surface area contributed by atoms with Crippen LogP contribution in [0.25, 0.3) is 5.69 Å². The number of carbonyl (C=O) groups excluding carboxylic acids is 1. The minimum Gasteiger partial charge on any atom is -0.338 e. The largest absolute Gasteiger partial charge is 0.435 e. The van der Waals surface area contributed by atoms with Crippen LogP contribution in [0.15, 0.2) is 42.9 Å². The fourth-order valence-electron chi connectivity index (χ4n) is 3.75. The van der Waals surface area contributed by atoms with Crippen molar-refractivity contribution in [1.29, 1.82) is 0 Å². The first-order valence-electron chi connectivity index (χ1n) is 9.77. The van der Waals surface area contributed by atoms with Crippen molar-refractivity contribution >= 4 is 5.91 Å². The molecule has 1 aromatic carbocycles. The first-order valence-corrected chi connectivity index (χ1v) is 9.77. The van der Waals surface area contributed by atoms with Gasteiger partial charge in [0.05, 0.1) is 5.69 Å². The van der Waals surface area contributed by atoms with Crippen molar-refractivity contribution in [3.05, 3.63) is 59.9 Å². The second-order valence-electron chi connectivity index (χ2n) is 7.26. The van der Waals surface area contributed by atoms with Crippen molar-refractivity contribution in [1.82, 2.24) is 29.4 Å². The zero-order valence-corrected chi connectivity index (χ0v) is 16.4. The zero-order valence-electron chi connectivity index (χ0n) is 16.4. The van der Waals surface area contributed by atoms with E-state index in [9.17, 15) is 18.0 Å². The fourth-order valence-corrected chi connectivity index (χ4v) is 3.75. The number of hydrogen-bond acceptors (Lipinski definition) is 4. The summed E-state index contributed by atoms with van der Waals surface area (Å²) < 4.78 is 41.4. The third-order valence-corrected chi connectivity index (χ3v) is 5.32. The van der Waals surface area contributed by atoms with Gasteiger partial charge in [-0.05, 0) is 50.1 Å². The lowest BCUT2D eigenvalue weighted by atomic mass is 9.96. The molecule has 1 aliphatic rings. The summed E-state index contributed by atoms with van der Waals surface area (Å²) in [4.78, 5) is 14.8. The van der Waals surface area contributed by atoms with Gasteiger partial charge in [0.1, 0.15) is 12.2 Å². The summed E-state index contributed by atoms with van der Waals surface area (Å²) in [6.07, 6.45) is 0.280. The predicted molar refractivity (Wildman–Crippen MR) is 102 cm³/mol. The van der Waals surface area contributed by atoms with Crippen LogP contribution in [0.2, 0.25) is 0 Å². The molecule has 3 aromatic rings. The van der Waals surface area contributed by atoms with Gasteiger partial charge < -0.3 is 9.47 Å². The summed E-state index contributed by atoms with van der Waals surface area (Å²) in [5.74, 6) is 0.920. The van der Waals surface area contributed by atoms with Gasteiger partial charge in [0.25, 0.3) is 5.91 Å². The first-order chi connectivity index (χ1) is 14.4. The van der Waals surface area contributed by atoms with Crippen LogP contribution < -0.4 is 0 Å². The van der Waals surface area contributed by atoms with E-state index < -0.39 is 11.9 Å². The molecule has 30 heavy (non-hydrogen) atoms. The Hall–Kier alpha value is -3.17. The lowest BCUT2D eigenvalue weighted by molar-refractivity contribution is -0.141. The summed E-state index contributed by atoms with van der Waals surface area (Å²) in [5.41, 5.74) is -0.0175. The molecule has 1 fully saturated rings. The summed E-state index contributed by atoms with van der Waals surface area (Å²) in [6, 6.07) is 7.34. The van der Waals surface area contributed by atoms with Gasteiger partial charge in [-0.15, -0.1) is 10.2 Å². The molecule has 1 atom stereocenters. The highest BCUT2D eigenvalue weighted by atomic mass is 19.4. The number of benzene rings is 1. The number of piperidine rings is 1. The molecular weight excluding hydrogens is 397 g/mol. The van der Waals surface area contributed by atoms with E-state index in [0.717, 1.165) is 36.0 Å². The highest BCUT2D eigenvalue weighted by Gasteiger charge is 2.33. The Morgan fingerprint density at radius 3 is 2.63 bits per heavy atom. The molecule has 0 aliphatic carbocycles. The van der Waals surface area contributed by atoms with Gasteiger partial charge >= 0.3 is 6.18 Å². The molecule has 0 radical (unpaired) electrons. The number of aromatic nitrogens is 5. The van der Waals surface area contributed by atoms with Crippen LogP contribution in [0.3, 0.4) is 0 Å². The van der Waals surface area contributed by atoms with Gasteiger partial charge in [-0.1, -0.05) is 0 Å². The molecule has 0 bridgehead atoms. The average molecular weight is 418 g/mol. The van der Waals surface area contributed by atoms with Crippen LogP contribution in [-0.2, 0) is 12.7 Å². The Kier molecular flexibility index (Phi) is 5.31. The number of alkyl halides is 3. The number of hydrogen-bond donors (Lipinski definition) is 0. The van der Waals surface area contributed by atoms with E-state index in [2.05, 4.69) is 15.3 Å². The molecule has 7 nitrogen and oxygen atoms in total. The lowest BCUT2D eigenvalue weighted by Gasteiger charge is -2.32. The molecule has 0 saturated carbocycles. The van der Waals surface area contributed by atoms with E-state index >= 15 is 0 Å². The predicted octanol–water partition coefficient (Wildman–Crippen LogP) is 3.52. The summed E-state index contributed by atoms with van der Waals surface area (Å²) in [6.45, 7) is 4.02. The van der Waals surface area contributed by atoms with Crippen molar-refractivity contribution in [3.8, 4) is 5.69 Å². The summed E-state index contributed by atoms with van der Waals surface area (Å²) >= 11 is 0. The van der Waals surface area contributed by atoms with Crippen LogP contribution in [-0.4, -0.2) is 48.4 Å². The van der Waals surface area contributed by atoms with Crippen LogP contribution in [0.1, 0.15) is 47.6 Å². The molecular formula is C20H21F3N6O. The second-order valence-corrected chi connectivity index (χ2v) is 7.26. The molecule has 2 aromatic heterocycles. The third kappa shape index (κ3) is 3.94. The number of nitrogens with zero attached hydrogens (tertiary/aromatic N) is 6. The molecule has 10 heteroatoms. The van der Waals surface area contributed by atoms with E-state index in [0.29, 0.717) is 24.3 Å². The molecule has 1 unspecified atom stereocenters. The normalized spacial score (nSPS) is 17.3. The molecule has 0 N–H and O–H groups in total. The summed E-state index contributed by atoms with van der Waals surface area (Å²) in [7, 11) is 0. The SMILES string of the molecule is CCn1cnnc1C1CCCN(C(=O)c2ccc(-n3ccc(C(F)(F)F)n3)cc2)C1. The molecule has 1 saturated heterocycles. The Labute approximate surface area is 171 Å². The summed E-state index contributed by atoms with van der Waals surface area (Å²) in [5, 5.41) is 11.8. The molecule has 4 rings (SSSR count). The van der Waals surface area contributed by atoms with Gasteiger partial charge in [-0.2, -0.15) is 18.3 Å². The smallest absolute Gasteiger partial charge is 0.338 e. The Morgan fingerprint density at radius 2 is 1.97 bits per heavy atom. The molecule has 158 valence electrons. The van der Waals surface area contributed by atoms with E-state index in [4.69, 9.17) is 0 Å². The number of carbonyl (C=O) groups is 1. The van der Waals surface area contributed by atoms with E-state index in [1.165, 1.54) is 6.20 Å². The number of aryl methyl sites for hydroxylation is 1. The van der Waals surface area contributed by atoms with Crippen molar-refractivity contribution in [2.45, 2.75) is 38.4 Å². The van der Waals surface area contributed by atoms with Crippen molar-refractivity contribution in [3.63, 3.8) is 0 Å². The number of rotatable bonds is 4. The quantitative estimate of drug-likeness (QED) is 0.650. The maximum absolute atomic E-state index is 13.0. The maximum atomic E-state index is 13.0. The first kappa shape index (κ1) is 20.1. The molecule has 1 aliphatic heterocycles. The highest BCUT2D eigenvalue weighted by Crippen LogP contribution is 2.28. The van der Waals surface area contributed by atoms with Crippen molar-refractivity contribution < 1.29 is 18.0 Å². The Morgan fingerprint density at radius 1 is 1.20 bits per heavy atom. The number of likely N-dealkylation sites (tertiary alicyclic amines) is 1. The lowest BCUT2D eigenvalue weighted by Crippen LogP contribution is -2.39. The minimum absolute atomic E-state index is 0.106. The molecule has 3 heterocycles. The van der Waals surface area contributed by atoms with Gasteiger partial charge in [-0.25, -0.2) is 4.68 Å². The standard InChI is InChI=1S/C20H21F3N6O/c1-2-27-13-24-25-18(27)15-4-3-10-28(12-15)19(30)14-5-7-16(8-6-14)29-11-9-17(26-29)20(21,22)23/h5-9,11,13,15H,2-4,10,12H2,1H3. The monoisotopic (exact) mass is 418 g/mol. The van der Waals surface area contributed by atoms with Crippen LogP contribution in [0, 0.1) is 0 Å². The van der Waals surface area contributed by atoms with Crippen molar-refractivity contribution in [2.75, 3.05) is 13.1 Å². The molecule has 1 amide bonds. The Bertz CT molecular complexity index is 1020. The van der Waals surface area contributed by atoms with Crippen LogP contribution in [0.4, 0.5) is 13.2 Å². The number of halogens is 3. The van der Waals surface area contributed by atoms with Gasteiger partial charge in [0, 0.05) is 37.3 Å². The molecule has 0 spiro atoms. The van der Waals surface area contributed by atoms with Crippen LogP contribution >= 0.6 is 0 Å².